The van der Waals surface area contributed by atoms with E-state index in [-0.39, 0.29) is 59.1 Å². The Morgan fingerprint density at radius 3 is 2.13 bits per heavy atom. The van der Waals surface area contributed by atoms with Crippen LogP contribution in [-0.4, -0.2) is 56.6 Å². The molecule has 5 saturated carbocycles. The summed E-state index contributed by atoms with van der Waals surface area (Å²) >= 11 is 6.23. The summed E-state index contributed by atoms with van der Waals surface area (Å²) in [7, 11) is 0. The molecule has 0 aromatic carbocycles. The number of nitrogens with two attached hydrogens (primary N) is 1. The van der Waals surface area contributed by atoms with Crippen LogP contribution >= 0.6 is 24.2 Å². The zero-order valence-electron chi connectivity index (χ0n) is 31.0. The molecule has 6 aliphatic rings. The van der Waals surface area contributed by atoms with Crippen molar-refractivity contribution >= 4 is 34.5 Å². The molecular formula is C36H64N3NaO3S2. The minimum absolute atomic E-state index is 0. The van der Waals surface area contributed by atoms with Crippen LogP contribution in [0.3, 0.4) is 0 Å². The molecule has 1 unspecified atom stereocenters. The van der Waals surface area contributed by atoms with Gasteiger partial charge in [-0.1, -0.05) is 67.6 Å². The van der Waals surface area contributed by atoms with Gasteiger partial charge in [-0.15, -0.1) is 0 Å². The molecule has 5 N–H and O–H groups in total. The second kappa shape index (κ2) is 13.4. The number of thiocarbonyl (C=S) groups is 1. The molecule has 1 heterocycles. The van der Waals surface area contributed by atoms with Crippen molar-refractivity contribution in [1.82, 2.24) is 9.62 Å². The van der Waals surface area contributed by atoms with Gasteiger partial charge >= 0.3 is 35.5 Å². The van der Waals surface area contributed by atoms with Crippen LogP contribution in [0.5, 0.6) is 0 Å². The van der Waals surface area contributed by atoms with E-state index < -0.39 is 17.0 Å². The largest absolute Gasteiger partial charge is 1.00 e. The number of hydrogen-bond donors (Lipinski definition) is 4. The van der Waals surface area contributed by atoms with Crippen molar-refractivity contribution in [2.75, 3.05) is 26.2 Å². The number of carboxylic acid groups (broad SMARTS) is 1. The number of carboxylic acids is 1. The van der Waals surface area contributed by atoms with Crippen LogP contribution in [0.4, 0.5) is 0 Å². The maximum atomic E-state index is 12.7. The molecule has 5 aliphatic carbocycles. The van der Waals surface area contributed by atoms with Gasteiger partial charge in [0, 0.05) is 31.6 Å². The molecule has 0 aromatic heterocycles. The van der Waals surface area contributed by atoms with Gasteiger partial charge < -0.3 is 22.7 Å². The predicted octanol–water partition coefficient (Wildman–Crippen LogP) is 4.46. The zero-order chi connectivity index (χ0) is 32.5. The molecule has 1 aliphatic heterocycles. The summed E-state index contributed by atoms with van der Waals surface area (Å²) in [5.41, 5.74) is 4.02. The molecular weight excluding hydrogens is 610 g/mol. The van der Waals surface area contributed by atoms with Crippen LogP contribution in [0.1, 0.15) is 121 Å². The van der Waals surface area contributed by atoms with Gasteiger partial charge in [-0.3, -0.25) is 0 Å². The number of aliphatic carboxylic acids is 1. The van der Waals surface area contributed by atoms with Gasteiger partial charge in [-0.2, -0.15) is 0 Å². The van der Waals surface area contributed by atoms with E-state index in [0.29, 0.717) is 16.2 Å². The standard InChI is InChI=1S/C31H52O3.C5H11N3S2.Na.H/c1-19-11-13-27(5)16-17-28(6)21(24(27)20(19)2)9-10-23-29(28,7)14-12-22-26(3,4)15-18-31(34,25(32)33)30(22,23)8;6-5(9)10-8-3-1-7-2-4-8;;/h19-24,34H,9-18H2,1-8H3,(H,32,33);7H,1-4H2,(H2,6,9);;/q;;+1;-1/t19-,20+,21-,22+,23+,24+,27-,28-,29-,30+,31?;;;/m1.../s1. The minimum atomic E-state index is -1.61. The van der Waals surface area contributed by atoms with E-state index in [0.717, 1.165) is 69.1 Å². The summed E-state index contributed by atoms with van der Waals surface area (Å²) in [5.74, 6) is 2.62. The summed E-state index contributed by atoms with van der Waals surface area (Å²) in [6.07, 6.45) is 11.1. The Balaban J connectivity index is 0.000000413. The molecule has 6 fully saturated rings. The number of carbonyl (C=O) groups is 1. The van der Waals surface area contributed by atoms with Crippen LogP contribution in [0, 0.1) is 62.6 Å². The molecule has 9 heteroatoms. The van der Waals surface area contributed by atoms with Gasteiger partial charge in [-0.25, -0.2) is 9.10 Å². The third kappa shape index (κ3) is 6.05. The number of piperazine rings is 1. The Hall–Kier alpha value is 0.590. The zero-order valence-corrected chi connectivity index (χ0v) is 33.6. The molecule has 6 nitrogen and oxygen atoms in total. The topological polar surface area (TPSA) is 98.8 Å². The molecule has 6 rings (SSSR count). The van der Waals surface area contributed by atoms with E-state index in [1.807, 2.05) is 0 Å². The summed E-state index contributed by atoms with van der Waals surface area (Å²) in [6, 6.07) is 0. The second-order valence-corrected chi connectivity index (χ2v) is 19.6. The molecule has 0 bridgehead atoms. The van der Waals surface area contributed by atoms with Crippen molar-refractivity contribution in [2.45, 2.75) is 125 Å². The summed E-state index contributed by atoms with van der Waals surface area (Å²) in [6.45, 7) is 23.8. The van der Waals surface area contributed by atoms with Gasteiger partial charge in [-0.05, 0) is 133 Å². The monoisotopic (exact) mass is 673 g/mol. The number of hydrogen-bond acceptors (Lipinski definition) is 6. The van der Waals surface area contributed by atoms with Crippen LogP contribution in [0.25, 0.3) is 0 Å². The van der Waals surface area contributed by atoms with E-state index >= 15 is 0 Å². The molecule has 1 saturated heterocycles. The van der Waals surface area contributed by atoms with E-state index in [2.05, 4.69) is 65.0 Å². The Labute approximate surface area is 307 Å². The van der Waals surface area contributed by atoms with Gasteiger partial charge in [0.2, 0.25) is 0 Å². The van der Waals surface area contributed by atoms with Crippen LogP contribution in [0.2, 0.25) is 0 Å². The third-order valence-corrected chi connectivity index (χ3v) is 16.8. The van der Waals surface area contributed by atoms with Crippen molar-refractivity contribution in [3.05, 3.63) is 0 Å². The summed E-state index contributed by atoms with van der Waals surface area (Å²) in [5, 5.41) is 25.7. The smallest absolute Gasteiger partial charge is 1.00 e. The van der Waals surface area contributed by atoms with Crippen molar-refractivity contribution in [2.24, 2.45) is 68.3 Å². The van der Waals surface area contributed by atoms with Crippen molar-refractivity contribution in [3.8, 4) is 0 Å². The quantitative estimate of drug-likeness (QED) is 0.194. The molecule has 254 valence electrons. The van der Waals surface area contributed by atoms with Gasteiger partial charge in [0.15, 0.2) is 5.60 Å². The molecule has 0 spiro atoms. The Bertz CT molecular complexity index is 1130. The number of nitrogens with one attached hydrogen (secondary N) is 1. The van der Waals surface area contributed by atoms with Gasteiger partial charge in [0.25, 0.3) is 0 Å². The third-order valence-electron chi connectivity index (χ3n) is 15.8. The predicted molar refractivity (Wildman–Crippen MR) is 187 cm³/mol. The van der Waals surface area contributed by atoms with Crippen LogP contribution in [-0.2, 0) is 4.79 Å². The number of nitrogens with zero attached hydrogens (tertiary/aromatic N) is 1. The number of aliphatic hydroxyl groups is 1. The van der Waals surface area contributed by atoms with E-state index in [1.54, 1.807) is 0 Å². The molecule has 0 radical (unpaired) electrons. The normalized spacial score (nSPS) is 48.9. The SMILES string of the molecule is C[C@@H]1[C@H]2[C@H]3CC[C@@H]4[C@]5(C)[C@@H](CC[C@@]4(C)[C@]3(C)CC[C@@]2(C)CC[C@H]1C)C(C)(C)CCC5(O)C(=O)O.NC(=S)SN1CCNCC1.[H-].[Na+]. The first-order valence-electron chi connectivity index (χ1n) is 17.8. The van der Waals surface area contributed by atoms with Crippen LogP contribution in [0.15, 0.2) is 0 Å². The maximum Gasteiger partial charge on any atom is 1.00 e. The van der Waals surface area contributed by atoms with E-state index in [1.165, 1.54) is 50.5 Å². The minimum Gasteiger partial charge on any atom is -1.00 e. The van der Waals surface area contributed by atoms with Gasteiger partial charge in [0.05, 0.1) is 0 Å². The van der Waals surface area contributed by atoms with Crippen molar-refractivity contribution in [1.29, 1.82) is 0 Å². The molecule has 11 atom stereocenters. The molecule has 0 aromatic rings. The molecule has 45 heavy (non-hydrogen) atoms. The first kappa shape index (κ1) is 38.4. The van der Waals surface area contributed by atoms with Gasteiger partial charge in [0.1, 0.15) is 4.32 Å². The number of fused-ring (bicyclic) bond motifs is 7. The van der Waals surface area contributed by atoms with E-state index in [9.17, 15) is 15.0 Å². The summed E-state index contributed by atoms with van der Waals surface area (Å²) in [4.78, 5) is 12.7. The average molecular weight is 674 g/mol. The Kier molecular flexibility index (Phi) is 11.4. The first-order valence-corrected chi connectivity index (χ1v) is 18.9. The fourth-order valence-corrected chi connectivity index (χ4v) is 13.8. The van der Waals surface area contributed by atoms with Crippen molar-refractivity contribution in [3.63, 3.8) is 0 Å². The van der Waals surface area contributed by atoms with Crippen LogP contribution < -0.4 is 40.6 Å². The fraction of sp³-hybridized carbons (Fsp3) is 0.944. The fourth-order valence-electron chi connectivity index (χ4n) is 12.9. The maximum absolute atomic E-state index is 12.7. The first-order chi connectivity index (χ1) is 20.4. The Morgan fingerprint density at radius 2 is 1.53 bits per heavy atom. The Morgan fingerprint density at radius 1 is 0.889 bits per heavy atom. The van der Waals surface area contributed by atoms with E-state index in [4.69, 9.17) is 18.0 Å². The second-order valence-electron chi connectivity index (χ2n) is 17.7. The average Bonchev–Trinajstić information content (AvgIpc) is 2.94. The summed E-state index contributed by atoms with van der Waals surface area (Å²) < 4.78 is 2.70. The molecule has 0 amide bonds. The van der Waals surface area contributed by atoms with Crippen molar-refractivity contribution < 1.29 is 46.0 Å². The number of rotatable bonds is 2.